The zero-order chi connectivity index (χ0) is 18.6. The molecule has 1 fully saturated rings. The number of anilines is 2. The molecule has 142 valence electrons. The van der Waals surface area contributed by atoms with Crippen molar-refractivity contribution in [3.05, 3.63) is 36.3 Å². The molecule has 0 radical (unpaired) electrons. The van der Waals surface area contributed by atoms with Gasteiger partial charge in [0.1, 0.15) is 23.3 Å². The highest BCUT2D eigenvalue weighted by atomic mass is 16.5. The Hall–Kier alpha value is -2.87. The number of ether oxygens (including phenoxy) is 1. The molecule has 0 atom stereocenters. The van der Waals surface area contributed by atoms with Gasteiger partial charge in [-0.1, -0.05) is 5.16 Å². The first-order valence-corrected chi connectivity index (χ1v) is 9.17. The van der Waals surface area contributed by atoms with Crippen molar-refractivity contribution >= 4 is 22.6 Å². The Morgan fingerprint density at radius 3 is 2.63 bits per heavy atom. The van der Waals surface area contributed by atoms with Crippen molar-refractivity contribution in [2.24, 2.45) is 0 Å². The molecule has 0 spiro atoms. The van der Waals surface area contributed by atoms with Gasteiger partial charge in [-0.25, -0.2) is 4.98 Å². The van der Waals surface area contributed by atoms with E-state index in [9.17, 15) is 0 Å². The van der Waals surface area contributed by atoms with E-state index in [1.54, 1.807) is 7.11 Å². The molecular weight excluding hydrogens is 344 g/mol. The Morgan fingerprint density at radius 2 is 1.89 bits per heavy atom. The van der Waals surface area contributed by atoms with E-state index in [-0.39, 0.29) is 0 Å². The topological polar surface area (TPSA) is 79.5 Å². The molecule has 0 saturated carbocycles. The number of fused-ring (bicyclic) bond motifs is 1. The highest BCUT2D eigenvalue weighted by Gasteiger charge is 2.17. The second kappa shape index (κ2) is 7.79. The largest absolute Gasteiger partial charge is 0.497 e. The van der Waals surface area contributed by atoms with Gasteiger partial charge < -0.3 is 19.5 Å². The molecule has 0 aliphatic carbocycles. The minimum atomic E-state index is 0.526. The minimum Gasteiger partial charge on any atom is -0.497 e. The number of methoxy groups -OCH3 is 1. The first kappa shape index (κ1) is 17.5. The summed E-state index contributed by atoms with van der Waals surface area (Å²) in [5, 5.41) is 8.22. The van der Waals surface area contributed by atoms with Crippen molar-refractivity contribution in [2.45, 2.75) is 6.92 Å². The molecule has 0 bridgehead atoms. The van der Waals surface area contributed by atoms with Gasteiger partial charge in [0, 0.05) is 45.0 Å². The second-order valence-corrected chi connectivity index (χ2v) is 6.62. The standard InChI is InChI=1S/C19H24N6O2/c1-14-17-18(21-13-22-19(17)27-23-14)20-7-8-24-9-11-25(12-10-24)15-3-5-16(26-2)6-4-15/h3-6,13H,7-12H2,1-2H3,(H,20,21,22). The fourth-order valence-corrected chi connectivity index (χ4v) is 3.41. The number of aryl methyl sites for hydroxylation is 1. The van der Waals surface area contributed by atoms with Crippen molar-refractivity contribution in [2.75, 3.05) is 56.6 Å². The maximum Gasteiger partial charge on any atom is 0.263 e. The van der Waals surface area contributed by atoms with Gasteiger partial charge in [0.15, 0.2) is 0 Å². The number of rotatable bonds is 6. The number of nitrogens with one attached hydrogen (secondary N) is 1. The SMILES string of the molecule is COc1ccc(N2CCN(CCNc3ncnc4onc(C)c34)CC2)cc1. The van der Waals surface area contributed by atoms with Crippen LogP contribution in [0.3, 0.4) is 0 Å². The van der Waals surface area contributed by atoms with Crippen LogP contribution in [0.4, 0.5) is 11.5 Å². The van der Waals surface area contributed by atoms with Crippen LogP contribution in [0.25, 0.3) is 11.1 Å². The summed E-state index contributed by atoms with van der Waals surface area (Å²) in [5.41, 5.74) is 2.58. The first-order chi connectivity index (χ1) is 13.2. The first-order valence-electron chi connectivity index (χ1n) is 9.17. The lowest BCUT2D eigenvalue weighted by Gasteiger charge is -2.36. The molecule has 2 aromatic heterocycles. The Bertz CT molecular complexity index is 887. The van der Waals surface area contributed by atoms with Crippen LogP contribution in [0, 0.1) is 6.92 Å². The zero-order valence-electron chi connectivity index (χ0n) is 15.7. The third-order valence-corrected chi connectivity index (χ3v) is 4.97. The van der Waals surface area contributed by atoms with Gasteiger partial charge in [-0.15, -0.1) is 0 Å². The van der Waals surface area contributed by atoms with E-state index in [4.69, 9.17) is 9.26 Å². The maximum absolute atomic E-state index is 5.23. The number of benzene rings is 1. The van der Waals surface area contributed by atoms with Crippen LogP contribution in [0.15, 0.2) is 35.1 Å². The van der Waals surface area contributed by atoms with E-state index < -0.39 is 0 Å². The van der Waals surface area contributed by atoms with E-state index in [0.29, 0.717) is 5.71 Å². The summed E-state index contributed by atoms with van der Waals surface area (Å²) in [5.74, 6) is 1.68. The maximum atomic E-state index is 5.23. The van der Waals surface area contributed by atoms with Crippen LogP contribution in [-0.4, -0.2) is 66.4 Å². The predicted molar refractivity (Wildman–Crippen MR) is 104 cm³/mol. The number of hydrogen-bond acceptors (Lipinski definition) is 8. The van der Waals surface area contributed by atoms with Gasteiger partial charge in [0.25, 0.3) is 5.71 Å². The number of aromatic nitrogens is 3. The van der Waals surface area contributed by atoms with Crippen molar-refractivity contribution in [3.63, 3.8) is 0 Å². The molecule has 0 amide bonds. The third-order valence-electron chi connectivity index (χ3n) is 4.97. The van der Waals surface area contributed by atoms with Gasteiger partial charge in [0.2, 0.25) is 0 Å². The average Bonchev–Trinajstić information content (AvgIpc) is 3.10. The second-order valence-electron chi connectivity index (χ2n) is 6.62. The van der Waals surface area contributed by atoms with Crippen molar-refractivity contribution in [1.82, 2.24) is 20.0 Å². The van der Waals surface area contributed by atoms with Gasteiger partial charge in [-0.3, -0.25) is 4.90 Å². The summed E-state index contributed by atoms with van der Waals surface area (Å²) < 4.78 is 10.4. The Labute approximate surface area is 158 Å². The van der Waals surface area contributed by atoms with E-state index in [1.807, 2.05) is 19.1 Å². The van der Waals surface area contributed by atoms with Crippen LogP contribution in [0.1, 0.15) is 5.69 Å². The Kier molecular flexibility index (Phi) is 5.06. The third kappa shape index (κ3) is 3.80. The quantitative estimate of drug-likeness (QED) is 0.709. The minimum absolute atomic E-state index is 0.526. The molecule has 3 aromatic rings. The van der Waals surface area contributed by atoms with E-state index in [1.165, 1.54) is 12.0 Å². The van der Waals surface area contributed by atoms with E-state index >= 15 is 0 Å². The summed E-state index contributed by atoms with van der Waals surface area (Å²) in [4.78, 5) is 13.3. The molecular formula is C19H24N6O2. The van der Waals surface area contributed by atoms with Crippen molar-refractivity contribution in [1.29, 1.82) is 0 Å². The van der Waals surface area contributed by atoms with Gasteiger partial charge in [-0.05, 0) is 31.2 Å². The molecule has 1 aliphatic rings. The molecule has 1 aromatic carbocycles. The molecule has 1 N–H and O–H groups in total. The Balaban J connectivity index is 1.27. The lowest BCUT2D eigenvalue weighted by Crippen LogP contribution is -2.47. The molecule has 0 unspecified atom stereocenters. The number of nitrogens with zero attached hydrogens (tertiary/aromatic N) is 5. The highest BCUT2D eigenvalue weighted by Crippen LogP contribution is 2.22. The van der Waals surface area contributed by atoms with Crippen molar-refractivity contribution in [3.8, 4) is 5.75 Å². The summed E-state index contributed by atoms with van der Waals surface area (Å²) in [6.07, 6.45) is 1.50. The Morgan fingerprint density at radius 1 is 1.11 bits per heavy atom. The molecule has 27 heavy (non-hydrogen) atoms. The normalized spacial score (nSPS) is 15.3. The fourth-order valence-electron chi connectivity index (χ4n) is 3.41. The molecule has 4 rings (SSSR count). The summed E-state index contributed by atoms with van der Waals surface area (Å²) in [6, 6.07) is 8.27. The average molecular weight is 368 g/mol. The molecule has 1 saturated heterocycles. The lowest BCUT2D eigenvalue weighted by molar-refractivity contribution is 0.267. The summed E-state index contributed by atoms with van der Waals surface area (Å²) >= 11 is 0. The smallest absolute Gasteiger partial charge is 0.263 e. The number of piperazine rings is 1. The van der Waals surface area contributed by atoms with Crippen LogP contribution in [-0.2, 0) is 0 Å². The molecule has 1 aliphatic heterocycles. The molecule has 3 heterocycles. The van der Waals surface area contributed by atoms with Gasteiger partial charge in [0.05, 0.1) is 12.8 Å². The van der Waals surface area contributed by atoms with Crippen LogP contribution in [0.2, 0.25) is 0 Å². The fraction of sp³-hybridized carbons (Fsp3) is 0.421. The molecule has 8 heteroatoms. The van der Waals surface area contributed by atoms with Crippen molar-refractivity contribution < 1.29 is 9.26 Å². The lowest BCUT2D eigenvalue weighted by atomic mass is 10.2. The van der Waals surface area contributed by atoms with Gasteiger partial charge in [-0.2, -0.15) is 4.98 Å². The summed E-state index contributed by atoms with van der Waals surface area (Å²) in [6.45, 7) is 7.81. The number of hydrogen-bond donors (Lipinski definition) is 1. The van der Waals surface area contributed by atoms with E-state index in [0.717, 1.165) is 61.9 Å². The van der Waals surface area contributed by atoms with E-state index in [2.05, 4.69) is 42.4 Å². The van der Waals surface area contributed by atoms with Gasteiger partial charge >= 0.3 is 0 Å². The monoisotopic (exact) mass is 368 g/mol. The predicted octanol–water partition coefficient (Wildman–Crippen LogP) is 2.17. The van der Waals surface area contributed by atoms with Crippen LogP contribution in [0.5, 0.6) is 5.75 Å². The van der Waals surface area contributed by atoms with Crippen LogP contribution < -0.4 is 15.0 Å². The highest BCUT2D eigenvalue weighted by molar-refractivity contribution is 5.87. The molecule has 8 nitrogen and oxygen atoms in total. The van der Waals surface area contributed by atoms with Crippen LogP contribution >= 0.6 is 0 Å². The zero-order valence-corrected chi connectivity index (χ0v) is 15.7. The summed E-state index contributed by atoms with van der Waals surface area (Å²) in [7, 11) is 1.69.